The fourth-order valence-electron chi connectivity index (χ4n) is 2.33. The highest BCUT2D eigenvalue weighted by atomic mass is 32.2. The van der Waals surface area contributed by atoms with E-state index in [1.165, 1.54) is 10.2 Å². The molecule has 1 fully saturated rings. The maximum Gasteiger partial charge on any atom is 0.494 e. The molecule has 0 spiro atoms. The van der Waals surface area contributed by atoms with Crippen molar-refractivity contribution in [1.29, 1.82) is 0 Å². The molecule has 0 aliphatic carbocycles. The van der Waals surface area contributed by atoms with Crippen molar-refractivity contribution in [2.75, 3.05) is 0 Å². The van der Waals surface area contributed by atoms with Crippen LogP contribution in [0.25, 0.3) is 0 Å². The maximum atomic E-state index is 12.7. The van der Waals surface area contributed by atoms with Crippen LogP contribution in [0.4, 0.5) is 3.89 Å². The van der Waals surface area contributed by atoms with Crippen LogP contribution in [0.1, 0.15) is 33.5 Å². The van der Waals surface area contributed by atoms with Gasteiger partial charge in [0.15, 0.2) is 18.2 Å². The Balaban J connectivity index is 1.64. The van der Waals surface area contributed by atoms with Gasteiger partial charge in [-0.2, -0.15) is 0 Å². The molecule has 3 rings (SSSR count). The van der Waals surface area contributed by atoms with Crippen LogP contribution >= 0.6 is 12.3 Å². The Kier molecular flexibility index (Phi) is 4.64. The van der Waals surface area contributed by atoms with E-state index >= 15 is 0 Å². The summed E-state index contributed by atoms with van der Waals surface area (Å²) in [6, 6.07) is 7.51. The highest BCUT2D eigenvalue weighted by Gasteiger charge is 2.51. The summed E-state index contributed by atoms with van der Waals surface area (Å²) in [5.41, 5.74) is 0.198. The molecule has 5 nitrogen and oxygen atoms in total. The van der Waals surface area contributed by atoms with E-state index in [0.29, 0.717) is 11.6 Å². The number of aromatic nitrogens is 2. The van der Waals surface area contributed by atoms with Crippen LogP contribution in [-0.4, -0.2) is 27.3 Å². The minimum Gasteiger partial charge on any atom is -0.486 e. The molecule has 128 valence electrons. The van der Waals surface area contributed by atoms with Crippen molar-refractivity contribution in [1.82, 2.24) is 8.96 Å². The lowest BCUT2D eigenvalue weighted by molar-refractivity contribution is 0.00578. The third-order valence-corrected chi connectivity index (χ3v) is 5.01. The summed E-state index contributed by atoms with van der Waals surface area (Å²) in [6.45, 7) is 8.29. The number of halogens is 1. The Labute approximate surface area is 146 Å². The SMILES string of the molecule is CC1(C)OB(c2ccc(OCc3nccn3SF)cc2)OC1(C)C. The predicted octanol–water partition coefficient (Wildman–Crippen LogP) is 3.14. The lowest BCUT2D eigenvalue weighted by Crippen LogP contribution is -2.41. The second-order valence-electron chi connectivity index (χ2n) is 6.68. The van der Waals surface area contributed by atoms with Crippen LogP contribution in [0.15, 0.2) is 36.7 Å². The summed E-state index contributed by atoms with van der Waals surface area (Å²) in [5.74, 6) is 1.19. The number of hydrogen-bond acceptors (Lipinski definition) is 5. The van der Waals surface area contributed by atoms with Gasteiger partial charge >= 0.3 is 7.12 Å². The van der Waals surface area contributed by atoms with Gasteiger partial charge in [0, 0.05) is 12.4 Å². The molecule has 1 aromatic heterocycles. The number of nitrogens with zero attached hydrogens (tertiary/aromatic N) is 2. The first-order valence-corrected chi connectivity index (χ1v) is 8.39. The molecular weight excluding hydrogens is 330 g/mol. The molecular formula is C16H20BFN2O3S. The second-order valence-corrected chi connectivity index (χ2v) is 7.22. The van der Waals surface area contributed by atoms with E-state index in [1.54, 1.807) is 6.20 Å². The fourth-order valence-corrected chi connectivity index (χ4v) is 2.61. The smallest absolute Gasteiger partial charge is 0.486 e. The minimum absolute atomic E-state index is 0.0971. The van der Waals surface area contributed by atoms with Crippen molar-refractivity contribution in [3.63, 3.8) is 0 Å². The summed E-state index contributed by atoms with van der Waals surface area (Å²) in [4.78, 5) is 4.05. The number of hydrogen-bond donors (Lipinski definition) is 0. The molecule has 0 bridgehead atoms. The zero-order valence-electron chi connectivity index (χ0n) is 14.2. The molecule has 2 heterocycles. The van der Waals surface area contributed by atoms with Gasteiger partial charge in [-0.15, -0.1) is 3.89 Å². The molecule has 0 saturated carbocycles. The zero-order valence-corrected chi connectivity index (χ0v) is 15.0. The largest absolute Gasteiger partial charge is 0.494 e. The van der Waals surface area contributed by atoms with Crippen LogP contribution in [0.5, 0.6) is 5.75 Å². The summed E-state index contributed by atoms with van der Waals surface area (Å²) in [6.07, 6.45) is 3.08. The monoisotopic (exact) mass is 350 g/mol. The Bertz CT molecular complexity index is 690. The number of imidazole rings is 1. The van der Waals surface area contributed by atoms with Gasteiger partial charge in [0.05, 0.1) is 11.2 Å². The molecule has 0 amide bonds. The zero-order chi connectivity index (χ0) is 17.4. The van der Waals surface area contributed by atoms with Crippen LogP contribution in [-0.2, 0) is 15.9 Å². The fraction of sp³-hybridized carbons (Fsp3) is 0.438. The normalized spacial score (nSPS) is 18.8. The molecule has 1 aliphatic heterocycles. The Morgan fingerprint density at radius 2 is 1.79 bits per heavy atom. The van der Waals surface area contributed by atoms with Crippen LogP contribution in [0.2, 0.25) is 0 Å². The average molecular weight is 350 g/mol. The lowest BCUT2D eigenvalue weighted by atomic mass is 9.79. The van der Waals surface area contributed by atoms with Crippen molar-refractivity contribution in [3.05, 3.63) is 42.5 Å². The molecule has 1 aromatic carbocycles. The van der Waals surface area contributed by atoms with Gasteiger partial charge < -0.3 is 14.0 Å². The van der Waals surface area contributed by atoms with Gasteiger partial charge in [-0.25, -0.2) is 8.96 Å². The quantitative estimate of drug-likeness (QED) is 0.776. The van der Waals surface area contributed by atoms with Gasteiger partial charge in [-0.05, 0) is 45.3 Å². The summed E-state index contributed by atoms with van der Waals surface area (Å²) in [7, 11) is -0.397. The summed E-state index contributed by atoms with van der Waals surface area (Å²) < 4.78 is 31.7. The second kappa shape index (κ2) is 6.42. The average Bonchev–Trinajstić information content (AvgIpc) is 3.07. The van der Waals surface area contributed by atoms with E-state index in [-0.39, 0.29) is 30.1 Å². The van der Waals surface area contributed by atoms with E-state index in [4.69, 9.17) is 14.0 Å². The number of rotatable bonds is 5. The van der Waals surface area contributed by atoms with E-state index in [9.17, 15) is 3.89 Å². The lowest BCUT2D eigenvalue weighted by Gasteiger charge is -2.32. The molecule has 0 atom stereocenters. The first-order valence-electron chi connectivity index (χ1n) is 7.72. The van der Waals surface area contributed by atoms with Gasteiger partial charge in [-0.3, -0.25) is 0 Å². The highest BCUT2D eigenvalue weighted by molar-refractivity contribution is 7.92. The van der Waals surface area contributed by atoms with Crippen molar-refractivity contribution in [3.8, 4) is 5.75 Å². The Morgan fingerprint density at radius 3 is 2.38 bits per heavy atom. The predicted molar refractivity (Wildman–Crippen MR) is 92.8 cm³/mol. The third-order valence-electron chi connectivity index (χ3n) is 4.53. The topological polar surface area (TPSA) is 45.5 Å². The van der Waals surface area contributed by atoms with Crippen molar-refractivity contribution in [2.24, 2.45) is 0 Å². The van der Waals surface area contributed by atoms with E-state index in [2.05, 4.69) is 4.98 Å². The van der Waals surface area contributed by atoms with Crippen molar-refractivity contribution in [2.45, 2.75) is 45.5 Å². The van der Waals surface area contributed by atoms with Gasteiger partial charge in [0.1, 0.15) is 12.4 Å². The van der Waals surface area contributed by atoms with Gasteiger partial charge in [0.25, 0.3) is 0 Å². The molecule has 0 unspecified atom stereocenters. The maximum absolute atomic E-state index is 12.7. The minimum atomic E-state index is -0.397. The van der Waals surface area contributed by atoms with Crippen molar-refractivity contribution >= 4 is 24.9 Å². The van der Waals surface area contributed by atoms with Crippen LogP contribution in [0.3, 0.4) is 0 Å². The molecule has 24 heavy (non-hydrogen) atoms. The molecule has 1 saturated heterocycles. The van der Waals surface area contributed by atoms with Gasteiger partial charge in [-0.1, -0.05) is 12.1 Å². The molecule has 0 radical (unpaired) electrons. The first-order chi connectivity index (χ1) is 11.3. The highest BCUT2D eigenvalue weighted by Crippen LogP contribution is 2.36. The van der Waals surface area contributed by atoms with E-state index in [1.807, 2.05) is 52.0 Å². The molecule has 2 aromatic rings. The number of ether oxygens (including phenoxy) is 1. The van der Waals surface area contributed by atoms with Crippen molar-refractivity contribution < 1.29 is 17.9 Å². The van der Waals surface area contributed by atoms with Gasteiger partial charge in [0.2, 0.25) is 0 Å². The standard InChI is InChI=1S/C16H20BFN2O3S/c1-15(2)16(3,4)23-17(22-15)12-5-7-13(8-6-12)21-11-14-19-9-10-20(14)24-18/h5-10H,11H2,1-4H3. The third kappa shape index (κ3) is 3.31. The van der Waals surface area contributed by atoms with E-state index < -0.39 is 7.12 Å². The first kappa shape index (κ1) is 17.3. The Morgan fingerprint density at radius 1 is 1.17 bits per heavy atom. The molecule has 1 aliphatic rings. The summed E-state index contributed by atoms with van der Waals surface area (Å²) in [5, 5.41) is 0. The van der Waals surface area contributed by atoms with Crippen LogP contribution < -0.4 is 10.2 Å². The molecule has 8 heteroatoms. The Hall–Kier alpha value is -1.51. The summed E-state index contributed by atoms with van der Waals surface area (Å²) >= 11 is 0.0971. The van der Waals surface area contributed by atoms with Crippen LogP contribution in [0, 0.1) is 0 Å². The number of benzene rings is 1. The van der Waals surface area contributed by atoms with E-state index in [0.717, 1.165) is 5.46 Å². The molecule has 0 N–H and O–H groups in total.